The highest BCUT2D eigenvalue weighted by Crippen LogP contribution is 2.24. The summed E-state index contributed by atoms with van der Waals surface area (Å²) in [7, 11) is 1.33. The van der Waals surface area contributed by atoms with Crippen molar-refractivity contribution in [3.8, 4) is 0 Å². The first kappa shape index (κ1) is 16.7. The molecule has 24 heavy (non-hydrogen) atoms. The zero-order valence-corrected chi connectivity index (χ0v) is 14.6. The highest BCUT2D eigenvalue weighted by atomic mass is 32.1. The number of nitrogens with one attached hydrogen (secondary N) is 2. The number of carbonyl (C=O) groups excluding carboxylic acids is 2. The van der Waals surface area contributed by atoms with Gasteiger partial charge in [-0.3, -0.25) is 4.79 Å². The quantitative estimate of drug-likeness (QED) is 0.829. The second-order valence-electron chi connectivity index (χ2n) is 5.94. The Hall–Kier alpha value is -2.18. The Bertz CT molecular complexity index is 756. The lowest BCUT2D eigenvalue weighted by Crippen LogP contribution is -3.14. The number of quaternary nitrogens is 1. The van der Waals surface area contributed by atoms with E-state index in [1.807, 2.05) is 0 Å². The summed E-state index contributed by atoms with van der Waals surface area (Å²) < 4.78 is 4.76. The predicted molar refractivity (Wildman–Crippen MR) is 93.5 cm³/mol. The number of amides is 1. The van der Waals surface area contributed by atoms with Gasteiger partial charge in [0, 0.05) is 16.9 Å². The molecule has 3 rings (SSSR count). The van der Waals surface area contributed by atoms with Crippen molar-refractivity contribution in [2.75, 3.05) is 25.5 Å². The maximum absolute atomic E-state index is 12.5. The monoisotopic (exact) mass is 345 g/mol. The molecule has 0 saturated heterocycles. The van der Waals surface area contributed by atoms with Crippen molar-refractivity contribution in [1.82, 2.24) is 0 Å². The summed E-state index contributed by atoms with van der Waals surface area (Å²) >= 11 is 1.80. The molecule has 2 atom stereocenters. The van der Waals surface area contributed by atoms with Gasteiger partial charge in [0.05, 0.1) is 24.9 Å². The maximum atomic E-state index is 12.5. The van der Waals surface area contributed by atoms with Gasteiger partial charge >= 0.3 is 5.97 Å². The van der Waals surface area contributed by atoms with Gasteiger partial charge in [-0.15, -0.1) is 11.3 Å². The van der Waals surface area contributed by atoms with Crippen molar-refractivity contribution in [1.29, 1.82) is 0 Å². The van der Waals surface area contributed by atoms with Crippen LogP contribution >= 0.6 is 11.3 Å². The molecular formula is C18H21N2O3S+. The van der Waals surface area contributed by atoms with Crippen LogP contribution in [0.2, 0.25) is 0 Å². The first-order valence-corrected chi connectivity index (χ1v) is 8.86. The van der Waals surface area contributed by atoms with Crippen molar-refractivity contribution < 1.29 is 19.2 Å². The fourth-order valence-corrected chi connectivity index (χ4v) is 4.15. The SMILES string of the molecule is COC(=O)c1ccccc1NC(=O)C[NH+]1CCc2sccc2[C@H]1C. The molecule has 1 aromatic heterocycles. The molecule has 6 heteroatoms. The highest BCUT2D eigenvalue weighted by molar-refractivity contribution is 7.10. The summed E-state index contributed by atoms with van der Waals surface area (Å²) in [5.74, 6) is -0.542. The third-order valence-corrected chi connectivity index (χ3v) is 5.52. The van der Waals surface area contributed by atoms with E-state index in [9.17, 15) is 9.59 Å². The first-order chi connectivity index (χ1) is 11.6. The van der Waals surface area contributed by atoms with Crippen LogP contribution in [0.25, 0.3) is 0 Å². The number of anilines is 1. The number of rotatable bonds is 4. The number of carbonyl (C=O) groups is 2. The van der Waals surface area contributed by atoms with Crippen LogP contribution in [0.3, 0.4) is 0 Å². The molecule has 2 heterocycles. The fraction of sp³-hybridized carbons (Fsp3) is 0.333. The van der Waals surface area contributed by atoms with Crippen molar-refractivity contribution in [3.63, 3.8) is 0 Å². The molecule has 1 aromatic carbocycles. The third kappa shape index (κ3) is 3.34. The maximum Gasteiger partial charge on any atom is 0.339 e. The van der Waals surface area contributed by atoms with Crippen molar-refractivity contribution in [3.05, 3.63) is 51.7 Å². The number of esters is 1. The summed E-state index contributed by atoms with van der Waals surface area (Å²) in [4.78, 5) is 26.9. The Morgan fingerprint density at radius 3 is 2.92 bits per heavy atom. The fourth-order valence-electron chi connectivity index (χ4n) is 3.17. The number of benzene rings is 1. The van der Waals surface area contributed by atoms with E-state index in [0.717, 1.165) is 13.0 Å². The summed E-state index contributed by atoms with van der Waals surface area (Å²) in [5, 5.41) is 4.98. The standard InChI is InChI=1S/C18H20N2O3S/c1-12-13-8-10-24-16(13)7-9-20(12)11-17(21)19-15-6-4-3-5-14(15)18(22)23-2/h3-6,8,10,12H,7,9,11H2,1-2H3,(H,19,21)/p+1/t12-/m1/s1. The first-order valence-electron chi connectivity index (χ1n) is 7.98. The van der Waals surface area contributed by atoms with Crippen LogP contribution in [0.15, 0.2) is 35.7 Å². The van der Waals surface area contributed by atoms with E-state index in [-0.39, 0.29) is 5.91 Å². The summed E-state index contributed by atoms with van der Waals surface area (Å²) in [6, 6.07) is 9.37. The van der Waals surface area contributed by atoms with Crippen LogP contribution in [-0.4, -0.2) is 32.1 Å². The zero-order chi connectivity index (χ0) is 17.1. The van der Waals surface area contributed by atoms with E-state index in [1.54, 1.807) is 35.6 Å². The minimum absolute atomic E-state index is 0.0908. The Balaban J connectivity index is 1.68. The number of methoxy groups -OCH3 is 1. The van der Waals surface area contributed by atoms with Gasteiger partial charge in [-0.05, 0) is 30.5 Å². The summed E-state index contributed by atoms with van der Waals surface area (Å²) in [6.45, 7) is 3.49. The van der Waals surface area contributed by atoms with Gasteiger partial charge in [-0.25, -0.2) is 4.79 Å². The smallest absolute Gasteiger partial charge is 0.339 e. The normalized spacial score (nSPS) is 19.4. The van der Waals surface area contributed by atoms with Gasteiger partial charge in [0.25, 0.3) is 5.91 Å². The third-order valence-electron chi connectivity index (χ3n) is 4.53. The average Bonchev–Trinajstić information content (AvgIpc) is 3.06. The van der Waals surface area contributed by atoms with Crippen molar-refractivity contribution in [2.45, 2.75) is 19.4 Å². The number of hydrogen-bond donors (Lipinski definition) is 2. The van der Waals surface area contributed by atoms with E-state index in [0.29, 0.717) is 23.8 Å². The van der Waals surface area contributed by atoms with E-state index in [1.165, 1.54) is 22.5 Å². The predicted octanol–water partition coefficient (Wildman–Crippen LogP) is 1.68. The molecule has 0 aliphatic carbocycles. The van der Waals surface area contributed by atoms with Crippen LogP contribution in [0.4, 0.5) is 5.69 Å². The second kappa shape index (κ2) is 7.15. The minimum Gasteiger partial charge on any atom is -0.465 e. The van der Waals surface area contributed by atoms with E-state index < -0.39 is 5.97 Å². The lowest BCUT2D eigenvalue weighted by atomic mass is 10.0. The molecule has 0 radical (unpaired) electrons. The average molecular weight is 345 g/mol. The lowest BCUT2D eigenvalue weighted by Gasteiger charge is -2.29. The molecular weight excluding hydrogens is 324 g/mol. The van der Waals surface area contributed by atoms with Gasteiger partial charge in [-0.2, -0.15) is 0 Å². The number of thiophene rings is 1. The highest BCUT2D eigenvalue weighted by Gasteiger charge is 2.29. The van der Waals surface area contributed by atoms with Crippen LogP contribution in [0.5, 0.6) is 0 Å². The molecule has 2 N–H and O–H groups in total. The number of ether oxygens (including phenoxy) is 1. The van der Waals surface area contributed by atoms with Gasteiger partial charge < -0.3 is 15.0 Å². The lowest BCUT2D eigenvalue weighted by molar-refractivity contribution is -0.923. The molecule has 1 unspecified atom stereocenters. The largest absolute Gasteiger partial charge is 0.465 e. The van der Waals surface area contributed by atoms with E-state index in [4.69, 9.17) is 4.74 Å². The van der Waals surface area contributed by atoms with E-state index in [2.05, 4.69) is 23.7 Å². The molecule has 0 saturated carbocycles. The van der Waals surface area contributed by atoms with Crippen molar-refractivity contribution in [2.24, 2.45) is 0 Å². The van der Waals surface area contributed by atoms with Gasteiger partial charge in [0.2, 0.25) is 0 Å². The molecule has 126 valence electrons. The molecule has 1 amide bonds. The summed E-state index contributed by atoms with van der Waals surface area (Å²) in [6.07, 6.45) is 1.01. The molecule has 1 aliphatic rings. The van der Waals surface area contributed by atoms with Crippen LogP contribution < -0.4 is 10.2 Å². The molecule has 1 aliphatic heterocycles. The Morgan fingerprint density at radius 2 is 2.12 bits per heavy atom. The van der Waals surface area contributed by atoms with Crippen molar-refractivity contribution >= 4 is 28.9 Å². The number of fused-ring (bicyclic) bond motifs is 1. The Kier molecular flexibility index (Phi) is 4.97. The molecule has 0 bridgehead atoms. The Morgan fingerprint density at radius 1 is 1.33 bits per heavy atom. The molecule has 5 nitrogen and oxygen atoms in total. The van der Waals surface area contributed by atoms with Gasteiger partial charge in [0.15, 0.2) is 6.54 Å². The molecule has 0 fully saturated rings. The number of hydrogen-bond acceptors (Lipinski definition) is 4. The van der Waals surface area contributed by atoms with Gasteiger partial charge in [-0.1, -0.05) is 12.1 Å². The molecule has 2 aromatic rings. The second-order valence-corrected chi connectivity index (χ2v) is 6.94. The minimum atomic E-state index is -0.451. The Labute approximate surface area is 145 Å². The number of para-hydroxylation sites is 1. The van der Waals surface area contributed by atoms with Gasteiger partial charge in [0.1, 0.15) is 6.04 Å². The van der Waals surface area contributed by atoms with E-state index >= 15 is 0 Å². The topological polar surface area (TPSA) is 59.8 Å². The van der Waals surface area contributed by atoms with Crippen LogP contribution in [-0.2, 0) is 16.0 Å². The summed E-state index contributed by atoms with van der Waals surface area (Å²) in [5.41, 5.74) is 2.22. The van der Waals surface area contributed by atoms with Crippen LogP contribution in [0.1, 0.15) is 33.8 Å². The zero-order valence-electron chi connectivity index (χ0n) is 13.8. The van der Waals surface area contributed by atoms with Crippen LogP contribution in [0, 0.1) is 0 Å². The molecule has 0 spiro atoms.